The lowest BCUT2D eigenvalue weighted by Crippen LogP contribution is -2.70. The highest BCUT2D eigenvalue weighted by Crippen LogP contribution is 2.62. The molecule has 8 rings (SSSR count). The molecule has 2 aromatic rings. The third-order valence-electron chi connectivity index (χ3n) is 13.2. The largest absolute Gasteiger partial charge is 0.492 e. The maximum absolute atomic E-state index is 14.8. The van der Waals surface area contributed by atoms with Crippen LogP contribution in [0.15, 0.2) is 78.5 Å². The molecule has 7 unspecified atom stereocenters. The van der Waals surface area contributed by atoms with Gasteiger partial charge in [0.15, 0.2) is 11.5 Å². The van der Waals surface area contributed by atoms with Crippen LogP contribution in [0.3, 0.4) is 0 Å². The molecule has 3 fully saturated rings. The second-order valence-corrected chi connectivity index (χ2v) is 17.4. The van der Waals surface area contributed by atoms with Crippen molar-refractivity contribution in [2.75, 3.05) is 66.1 Å². The van der Waals surface area contributed by atoms with Crippen LogP contribution in [0, 0.1) is 17.8 Å². The van der Waals surface area contributed by atoms with Crippen LogP contribution >= 0.6 is 0 Å². The Kier molecular flexibility index (Phi) is 15.3. The highest BCUT2D eigenvalue weighted by atomic mass is 16.8. The van der Waals surface area contributed by atoms with Crippen LogP contribution in [0.5, 0.6) is 23.0 Å². The van der Waals surface area contributed by atoms with E-state index in [1.54, 1.807) is 17.1 Å². The Morgan fingerprint density at radius 1 is 0.968 bits per heavy atom. The Bertz CT molecular complexity index is 1950. The summed E-state index contributed by atoms with van der Waals surface area (Å²) in [5.41, 5.74) is 3.44. The van der Waals surface area contributed by atoms with Gasteiger partial charge in [0.05, 0.1) is 31.5 Å². The SMILES string of the molecule is C=CCCOC(=O)N(Cc1ccc2c(c1)OCO2)C1CC(=NOC2CCCCO2)C2=CC(CCCCO)C(CCCCO)C3c4cc(OCCN5CC5)ccc4OC1(OCC=C)C23. The fourth-order valence-corrected chi connectivity index (χ4v) is 10.1. The van der Waals surface area contributed by atoms with E-state index in [0.717, 1.165) is 87.0 Å². The molecule has 2 N–H and O–H groups in total. The van der Waals surface area contributed by atoms with Gasteiger partial charge >= 0.3 is 6.09 Å². The molecule has 2 aliphatic carbocycles. The van der Waals surface area contributed by atoms with Crippen molar-refractivity contribution in [2.24, 2.45) is 22.9 Å². The summed E-state index contributed by atoms with van der Waals surface area (Å²) in [6.07, 6.45) is 12.8. The number of unbranched alkanes of at least 4 members (excludes halogenated alkanes) is 2. The predicted molar refractivity (Wildman–Crippen MR) is 236 cm³/mol. The molecule has 4 heterocycles. The molecule has 4 aliphatic heterocycles. The van der Waals surface area contributed by atoms with E-state index >= 15 is 0 Å². The van der Waals surface area contributed by atoms with E-state index in [1.165, 1.54) is 0 Å². The predicted octanol–water partition coefficient (Wildman–Crippen LogP) is 7.48. The number of hydrogen-bond acceptors (Lipinski definition) is 13. The molecule has 0 spiro atoms. The van der Waals surface area contributed by atoms with Gasteiger partial charge in [0.25, 0.3) is 0 Å². The minimum atomic E-state index is -1.46. The zero-order valence-electron chi connectivity index (χ0n) is 36.5. The van der Waals surface area contributed by atoms with Gasteiger partial charge in [-0.3, -0.25) is 9.80 Å². The van der Waals surface area contributed by atoms with Crippen LogP contribution < -0.4 is 18.9 Å². The fourth-order valence-electron chi connectivity index (χ4n) is 10.1. The van der Waals surface area contributed by atoms with E-state index in [0.29, 0.717) is 55.4 Å². The number of aliphatic hydroxyl groups is 2. The number of amides is 1. The molecule has 14 nitrogen and oxygen atoms in total. The lowest BCUT2D eigenvalue weighted by Gasteiger charge is -2.60. The summed E-state index contributed by atoms with van der Waals surface area (Å²) in [6.45, 7) is 12.9. The van der Waals surface area contributed by atoms with Crippen LogP contribution in [-0.4, -0.2) is 116 Å². The number of benzene rings is 2. The van der Waals surface area contributed by atoms with Gasteiger partial charge in [0.2, 0.25) is 18.9 Å². The zero-order valence-corrected chi connectivity index (χ0v) is 36.5. The van der Waals surface area contributed by atoms with Gasteiger partial charge in [-0.2, -0.15) is 0 Å². The van der Waals surface area contributed by atoms with Gasteiger partial charge in [0.1, 0.15) is 24.1 Å². The minimum Gasteiger partial charge on any atom is -0.492 e. The van der Waals surface area contributed by atoms with Crippen LogP contribution in [0.4, 0.5) is 4.79 Å². The summed E-state index contributed by atoms with van der Waals surface area (Å²) < 4.78 is 44.5. The van der Waals surface area contributed by atoms with Crippen molar-refractivity contribution >= 4 is 11.8 Å². The number of aliphatic hydroxyl groups excluding tert-OH is 2. The van der Waals surface area contributed by atoms with Gasteiger partial charge in [-0.05, 0) is 98.2 Å². The summed E-state index contributed by atoms with van der Waals surface area (Å²) in [7, 11) is 0. The number of hydrogen-bond donors (Lipinski definition) is 2. The maximum Gasteiger partial charge on any atom is 0.410 e. The quantitative estimate of drug-likeness (QED) is 0.0493. The molecule has 342 valence electrons. The average Bonchev–Trinajstić information content (AvgIpc) is 4.01. The third kappa shape index (κ3) is 10.4. The van der Waals surface area contributed by atoms with E-state index in [4.69, 9.17) is 43.2 Å². The summed E-state index contributed by atoms with van der Waals surface area (Å²) in [4.78, 5) is 25.2. The molecule has 2 aromatic carbocycles. The molecule has 1 amide bonds. The van der Waals surface area contributed by atoms with E-state index in [2.05, 4.69) is 30.2 Å². The Morgan fingerprint density at radius 3 is 2.57 bits per heavy atom. The molecule has 7 atom stereocenters. The number of carbonyl (C=O) groups is 1. The van der Waals surface area contributed by atoms with E-state index in [9.17, 15) is 15.0 Å². The van der Waals surface area contributed by atoms with Crippen molar-refractivity contribution in [3.63, 3.8) is 0 Å². The number of fused-ring (bicyclic) bond motifs is 3. The number of nitrogens with zero attached hydrogens (tertiary/aromatic N) is 3. The normalized spacial score (nSPS) is 27.3. The smallest absolute Gasteiger partial charge is 0.410 e. The standard InChI is InChI=1S/C49H65N3O11/c1-3-5-25-58-48(55)52(32-34-15-17-42-43(28-34)60-33-59-42)44-31-40(50-63-45-14-8-11-26-57-45)38-29-35(12-6-9-22-53)37(13-7-10-23-54)46-39-30-36(56-27-21-51-19-20-51)16-18-41(39)62-49(44,47(38)46)61-24-4-2/h3-4,15-18,28-30,35,37,44-47,53-54H,1-2,5-14,19-27,31-33H2. The second kappa shape index (κ2) is 21.4. The molecule has 2 saturated heterocycles. The average molecular weight is 872 g/mol. The molecular formula is C49H65N3O11. The van der Waals surface area contributed by atoms with Crippen molar-refractivity contribution in [3.05, 3.63) is 84.5 Å². The van der Waals surface area contributed by atoms with Gasteiger partial charge in [-0.25, -0.2) is 4.79 Å². The van der Waals surface area contributed by atoms with Crippen molar-refractivity contribution in [1.29, 1.82) is 0 Å². The summed E-state index contributed by atoms with van der Waals surface area (Å²) in [5, 5.41) is 24.9. The third-order valence-corrected chi connectivity index (χ3v) is 13.2. The maximum atomic E-state index is 14.8. The van der Waals surface area contributed by atoms with Crippen LogP contribution in [-0.2, 0) is 25.6 Å². The molecule has 63 heavy (non-hydrogen) atoms. The first-order valence-electron chi connectivity index (χ1n) is 23.1. The number of oxime groups is 1. The first-order valence-corrected chi connectivity index (χ1v) is 23.1. The number of rotatable bonds is 23. The first-order chi connectivity index (χ1) is 31.0. The fraction of sp³-hybridized carbons (Fsp3) is 0.592. The summed E-state index contributed by atoms with van der Waals surface area (Å²) in [6, 6.07) is 11.0. The van der Waals surface area contributed by atoms with Crippen molar-refractivity contribution < 1.29 is 53.0 Å². The molecule has 0 aromatic heterocycles. The Hall–Kier alpha value is -4.60. The van der Waals surface area contributed by atoms with Gasteiger partial charge in [-0.15, -0.1) is 13.2 Å². The van der Waals surface area contributed by atoms with E-state index in [-0.39, 0.29) is 63.9 Å². The highest BCUT2D eigenvalue weighted by Gasteiger charge is 2.66. The molecule has 1 saturated carbocycles. The zero-order chi connectivity index (χ0) is 43.6. The summed E-state index contributed by atoms with van der Waals surface area (Å²) in [5.74, 6) is 0.659. The first kappa shape index (κ1) is 45.0. The van der Waals surface area contributed by atoms with Crippen LogP contribution in [0.25, 0.3) is 0 Å². The van der Waals surface area contributed by atoms with E-state index in [1.807, 2.05) is 30.3 Å². The molecule has 0 bridgehead atoms. The number of carbonyl (C=O) groups excluding carboxylic acids is 1. The van der Waals surface area contributed by atoms with Crippen molar-refractivity contribution in [3.8, 4) is 23.0 Å². The molecule has 6 aliphatic rings. The van der Waals surface area contributed by atoms with Crippen LogP contribution in [0.1, 0.15) is 87.7 Å². The number of allylic oxidation sites excluding steroid dienone is 1. The Labute approximate surface area is 371 Å². The second-order valence-electron chi connectivity index (χ2n) is 17.4. The van der Waals surface area contributed by atoms with Gasteiger partial charge in [-0.1, -0.05) is 42.3 Å². The molecule has 14 heteroatoms. The number of ether oxygens (including phenoxy) is 7. The minimum absolute atomic E-state index is 0.0654. The molecule has 0 radical (unpaired) electrons. The highest BCUT2D eigenvalue weighted by molar-refractivity contribution is 6.03. The van der Waals surface area contributed by atoms with Gasteiger partial charge in [0, 0.05) is 63.7 Å². The lowest BCUT2D eigenvalue weighted by atomic mass is 9.55. The van der Waals surface area contributed by atoms with Crippen LogP contribution in [0.2, 0.25) is 0 Å². The van der Waals surface area contributed by atoms with E-state index < -0.39 is 30.1 Å². The topological polar surface area (TPSA) is 150 Å². The molecular weight excluding hydrogens is 807 g/mol. The lowest BCUT2D eigenvalue weighted by molar-refractivity contribution is -0.256. The summed E-state index contributed by atoms with van der Waals surface area (Å²) >= 11 is 0. The van der Waals surface area contributed by atoms with Crippen molar-refractivity contribution in [1.82, 2.24) is 9.80 Å². The Balaban J connectivity index is 1.30. The van der Waals surface area contributed by atoms with Crippen molar-refractivity contribution in [2.45, 2.75) is 101 Å². The monoisotopic (exact) mass is 871 g/mol. The van der Waals surface area contributed by atoms with Gasteiger partial charge < -0.3 is 48.2 Å². The Morgan fingerprint density at radius 2 is 1.79 bits per heavy atom.